The van der Waals surface area contributed by atoms with E-state index in [1.165, 1.54) is 0 Å². The van der Waals surface area contributed by atoms with Crippen molar-refractivity contribution in [2.45, 2.75) is 6.92 Å². The summed E-state index contributed by atoms with van der Waals surface area (Å²) in [6.45, 7) is 2.01. The molecular formula is C12H14N6. The lowest BCUT2D eigenvalue weighted by molar-refractivity contribution is 0.964. The van der Waals surface area contributed by atoms with Gasteiger partial charge in [-0.3, -0.25) is 0 Å². The minimum absolute atomic E-state index is 0.481. The molecule has 6 nitrogen and oxygen atoms in total. The highest BCUT2D eigenvalue weighted by Crippen LogP contribution is 2.30. The summed E-state index contributed by atoms with van der Waals surface area (Å²) in [6, 6.07) is 3.95. The molecule has 1 aromatic rings. The van der Waals surface area contributed by atoms with E-state index < -0.39 is 0 Å². The number of fused-ring (bicyclic) bond motifs is 3. The number of nitrogens with zero attached hydrogens (tertiary/aromatic N) is 4. The Morgan fingerprint density at radius 3 is 2.72 bits per heavy atom. The zero-order chi connectivity index (χ0) is 12.9. The number of hydrogen-bond donors (Lipinski definition) is 2. The zero-order valence-corrected chi connectivity index (χ0v) is 10.5. The normalized spacial score (nSPS) is 11.3. The van der Waals surface area contributed by atoms with Crippen molar-refractivity contribution in [3.63, 3.8) is 0 Å². The summed E-state index contributed by atoms with van der Waals surface area (Å²) in [5.74, 6) is 1.09. The van der Waals surface area contributed by atoms with Gasteiger partial charge in [0.1, 0.15) is 5.69 Å². The van der Waals surface area contributed by atoms with Crippen LogP contribution in [0, 0.1) is 6.92 Å². The largest absolute Gasteiger partial charge is 0.369 e. The second-order valence-corrected chi connectivity index (χ2v) is 4.27. The molecule has 1 aliphatic carbocycles. The highest BCUT2D eigenvalue weighted by molar-refractivity contribution is 5.93. The predicted molar refractivity (Wildman–Crippen MR) is 71.6 cm³/mol. The van der Waals surface area contributed by atoms with Gasteiger partial charge in [-0.15, -0.1) is 0 Å². The van der Waals surface area contributed by atoms with E-state index in [2.05, 4.69) is 20.3 Å². The van der Waals surface area contributed by atoms with Crippen LogP contribution in [0.25, 0.3) is 22.4 Å². The van der Waals surface area contributed by atoms with Crippen molar-refractivity contribution in [1.29, 1.82) is 0 Å². The Balaban J connectivity index is 2.53. The lowest BCUT2D eigenvalue weighted by Crippen LogP contribution is -1.97. The van der Waals surface area contributed by atoms with Crippen molar-refractivity contribution < 1.29 is 0 Å². The van der Waals surface area contributed by atoms with E-state index in [1.807, 2.05) is 30.7 Å². The minimum Gasteiger partial charge on any atom is -0.369 e. The molecule has 0 amide bonds. The Kier molecular flexibility index (Phi) is 2.13. The van der Waals surface area contributed by atoms with Crippen LogP contribution in [-0.4, -0.2) is 26.6 Å². The number of imidazole rings is 2. The molecule has 3 rings (SSSR count). The van der Waals surface area contributed by atoms with E-state index in [0.717, 1.165) is 28.0 Å². The summed E-state index contributed by atoms with van der Waals surface area (Å²) in [4.78, 5) is 13.3. The lowest BCUT2D eigenvalue weighted by Gasteiger charge is -1.97. The molecule has 0 atom stereocenters. The van der Waals surface area contributed by atoms with Crippen LogP contribution in [0.15, 0.2) is 12.1 Å². The van der Waals surface area contributed by atoms with Crippen LogP contribution in [0.5, 0.6) is 0 Å². The van der Waals surface area contributed by atoms with E-state index >= 15 is 0 Å². The molecule has 0 saturated heterocycles. The van der Waals surface area contributed by atoms with Crippen molar-refractivity contribution >= 4 is 22.9 Å². The van der Waals surface area contributed by atoms with Gasteiger partial charge in [0.15, 0.2) is 0 Å². The van der Waals surface area contributed by atoms with Crippen molar-refractivity contribution in [1.82, 2.24) is 19.5 Å². The Hall–Kier alpha value is -2.37. The average Bonchev–Trinajstić information content (AvgIpc) is 2.85. The average molecular weight is 242 g/mol. The van der Waals surface area contributed by atoms with Gasteiger partial charge in [-0.1, -0.05) is 6.07 Å². The number of aromatic nitrogens is 4. The maximum Gasteiger partial charge on any atom is 0.223 e. The molecular weight excluding hydrogens is 228 g/mol. The van der Waals surface area contributed by atoms with E-state index in [-0.39, 0.29) is 0 Å². The monoisotopic (exact) mass is 242 g/mol. The summed E-state index contributed by atoms with van der Waals surface area (Å²) in [5, 5.41) is 2.95. The number of aryl methyl sites for hydroxylation is 2. The molecule has 0 bridgehead atoms. The zero-order valence-electron chi connectivity index (χ0n) is 10.5. The fourth-order valence-electron chi connectivity index (χ4n) is 2.10. The van der Waals surface area contributed by atoms with Crippen molar-refractivity contribution in [2.75, 3.05) is 18.1 Å². The summed E-state index contributed by atoms with van der Waals surface area (Å²) in [5.41, 5.74) is 10.4. The van der Waals surface area contributed by atoms with Crippen LogP contribution in [-0.2, 0) is 7.05 Å². The topological polar surface area (TPSA) is 81.6 Å². The number of nitrogens with two attached hydrogens (primary N) is 1. The van der Waals surface area contributed by atoms with Crippen molar-refractivity contribution in [3.8, 4) is 11.4 Å². The maximum atomic E-state index is 5.88. The lowest BCUT2D eigenvalue weighted by atomic mass is 10.2. The van der Waals surface area contributed by atoms with Gasteiger partial charge in [-0.25, -0.2) is 15.0 Å². The first-order valence-corrected chi connectivity index (χ1v) is 5.69. The smallest absolute Gasteiger partial charge is 0.223 e. The Morgan fingerprint density at radius 2 is 2.00 bits per heavy atom. The van der Waals surface area contributed by atoms with Gasteiger partial charge in [-0.2, -0.15) is 0 Å². The molecule has 0 radical (unpaired) electrons. The first kappa shape index (κ1) is 10.8. The van der Waals surface area contributed by atoms with Gasteiger partial charge in [0.2, 0.25) is 11.9 Å². The molecule has 92 valence electrons. The van der Waals surface area contributed by atoms with Gasteiger partial charge in [0.25, 0.3) is 0 Å². The SMILES string of the molecule is CNc1nc2ccc(C)c3nc(N)n(C)c3c-2n1. The molecule has 0 spiro atoms. The van der Waals surface area contributed by atoms with Gasteiger partial charge in [0, 0.05) is 14.1 Å². The number of nitrogen functional groups attached to an aromatic ring is 1. The third-order valence-electron chi connectivity index (χ3n) is 3.13. The van der Waals surface area contributed by atoms with Crippen LogP contribution in [0.2, 0.25) is 0 Å². The quantitative estimate of drug-likeness (QED) is 0.674. The predicted octanol–water partition coefficient (Wildman–Crippen LogP) is 1.40. The van der Waals surface area contributed by atoms with Gasteiger partial charge in [-0.05, 0) is 18.6 Å². The van der Waals surface area contributed by atoms with Crippen molar-refractivity contribution in [2.24, 2.45) is 7.05 Å². The van der Waals surface area contributed by atoms with E-state index in [1.54, 1.807) is 7.05 Å². The molecule has 18 heavy (non-hydrogen) atoms. The van der Waals surface area contributed by atoms with Gasteiger partial charge < -0.3 is 15.6 Å². The van der Waals surface area contributed by atoms with E-state index in [4.69, 9.17) is 5.73 Å². The molecule has 0 fully saturated rings. The fraction of sp³-hybridized carbons (Fsp3) is 0.250. The van der Waals surface area contributed by atoms with Crippen molar-refractivity contribution in [3.05, 3.63) is 17.7 Å². The molecule has 0 aromatic carbocycles. The summed E-state index contributed by atoms with van der Waals surface area (Å²) in [6.07, 6.45) is 0. The minimum atomic E-state index is 0.481. The number of nitrogens with one attached hydrogen (secondary N) is 1. The molecule has 2 aliphatic rings. The summed E-state index contributed by atoms with van der Waals surface area (Å²) < 4.78 is 1.85. The van der Waals surface area contributed by atoms with Gasteiger partial charge >= 0.3 is 0 Å². The molecule has 0 saturated carbocycles. The van der Waals surface area contributed by atoms with Crippen LogP contribution in [0.4, 0.5) is 11.9 Å². The Bertz CT molecular complexity index is 714. The van der Waals surface area contributed by atoms with Gasteiger partial charge in [0.05, 0.1) is 16.7 Å². The highest BCUT2D eigenvalue weighted by Gasteiger charge is 2.18. The molecule has 3 N–H and O–H groups in total. The van der Waals surface area contributed by atoms with Crippen LogP contribution in [0.3, 0.4) is 0 Å². The standard InChI is InChI=1S/C12H14N6/c1-6-4-5-7-9(17-12(14-2)15-7)10-8(6)16-11(13)18(10)3/h4-5H,1-3H3,(H2,13,16)(H,14,15,17). The molecule has 0 unspecified atom stereocenters. The highest BCUT2D eigenvalue weighted by atomic mass is 15.2. The molecule has 1 aromatic heterocycles. The van der Waals surface area contributed by atoms with Crippen LogP contribution >= 0.6 is 0 Å². The fourth-order valence-corrected chi connectivity index (χ4v) is 2.10. The number of rotatable bonds is 1. The molecule has 1 aliphatic heterocycles. The second kappa shape index (κ2) is 3.56. The Labute approximate surface area is 104 Å². The van der Waals surface area contributed by atoms with E-state index in [9.17, 15) is 0 Å². The third kappa shape index (κ3) is 1.32. The number of hydrogen-bond acceptors (Lipinski definition) is 5. The third-order valence-corrected chi connectivity index (χ3v) is 3.13. The number of anilines is 2. The second-order valence-electron chi connectivity index (χ2n) is 4.27. The first-order chi connectivity index (χ1) is 8.61. The first-order valence-electron chi connectivity index (χ1n) is 5.69. The summed E-state index contributed by atoms with van der Waals surface area (Å²) >= 11 is 0. The molecule has 2 heterocycles. The summed E-state index contributed by atoms with van der Waals surface area (Å²) in [7, 11) is 3.69. The molecule has 6 heteroatoms. The Morgan fingerprint density at radius 1 is 1.22 bits per heavy atom. The maximum absolute atomic E-state index is 5.88. The van der Waals surface area contributed by atoms with Crippen LogP contribution < -0.4 is 11.1 Å². The van der Waals surface area contributed by atoms with Crippen LogP contribution in [0.1, 0.15) is 5.56 Å². The van der Waals surface area contributed by atoms with E-state index in [0.29, 0.717) is 11.9 Å².